The van der Waals surface area contributed by atoms with Gasteiger partial charge in [0.25, 0.3) is 0 Å². The third kappa shape index (κ3) is 4.52. The maximum absolute atomic E-state index is 13.9. The number of pyridine rings is 2. The first kappa shape index (κ1) is 20.6. The van der Waals surface area contributed by atoms with Crippen LogP contribution in [0.1, 0.15) is 35.0 Å². The molecular weight excluding hydrogens is 369 g/mol. The van der Waals surface area contributed by atoms with Crippen molar-refractivity contribution in [3.05, 3.63) is 59.2 Å². The summed E-state index contributed by atoms with van der Waals surface area (Å²) in [5.41, 5.74) is 3.20. The first-order chi connectivity index (χ1) is 12.5. The Morgan fingerprint density at radius 1 is 1.22 bits per heavy atom. The second-order valence-electron chi connectivity index (χ2n) is 6.10. The van der Waals surface area contributed by atoms with Crippen molar-refractivity contribution in [2.45, 2.75) is 27.2 Å². The minimum atomic E-state index is -0.475. The number of aryl methyl sites for hydroxylation is 2. The number of anilines is 2. The number of nitrogens with one attached hydrogen (secondary N) is 1. The number of carbonyl (C=O) groups excluding carboxylic acids is 1. The Morgan fingerprint density at radius 2 is 2.00 bits per heavy atom. The number of hydrogen-bond donors (Lipinski definition) is 1. The highest BCUT2D eigenvalue weighted by Gasteiger charge is 2.18. The molecule has 0 radical (unpaired) electrons. The predicted molar refractivity (Wildman–Crippen MR) is 107 cm³/mol. The summed E-state index contributed by atoms with van der Waals surface area (Å²) in [6.45, 7) is 5.81. The van der Waals surface area contributed by atoms with Crippen molar-refractivity contribution in [1.82, 2.24) is 9.97 Å². The largest absolute Gasteiger partial charge is 0.462 e. The van der Waals surface area contributed by atoms with Gasteiger partial charge < -0.3 is 10.1 Å². The van der Waals surface area contributed by atoms with Crippen molar-refractivity contribution >= 4 is 40.8 Å². The number of halogens is 2. The smallest absolute Gasteiger partial charge is 0.341 e. The van der Waals surface area contributed by atoms with Crippen LogP contribution in [0.5, 0.6) is 0 Å². The molecule has 5 nitrogen and oxygen atoms in total. The zero-order valence-corrected chi connectivity index (χ0v) is 16.2. The highest BCUT2D eigenvalue weighted by molar-refractivity contribution is 6.05. The van der Waals surface area contributed by atoms with E-state index >= 15 is 0 Å². The van der Waals surface area contributed by atoms with Crippen molar-refractivity contribution in [3.8, 4) is 0 Å². The number of ether oxygens (including phenoxy) is 1. The number of carbonyl (C=O) groups is 1. The van der Waals surface area contributed by atoms with Gasteiger partial charge in [0, 0.05) is 23.0 Å². The van der Waals surface area contributed by atoms with Crippen LogP contribution in [0.15, 0.2) is 36.5 Å². The Morgan fingerprint density at radius 3 is 2.70 bits per heavy atom. The van der Waals surface area contributed by atoms with Gasteiger partial charge >= 0.3 is 5.97 Å². The molecule has 7 heteroatoms. The van der Waals surface area contributed by atoms with E-state index in [0.717, 1.165) is 12.1 Å². The minimum Gasteiger partial charge on any atom is -0.462 e. The summed E-state index contributed by atoms with van der Waals surface area (Å²) >= 11 is 0. The van der Waals surface area contributed by atoms with Gasteiger partial charge in [-0.1, -0.05) is 13.0 Å². The molecule has 0 saturated heterocycles. The zero-order chi connectivity index (χ0) is 18.7. The van der Waals surface area contributed by atoms with Crippen molar-refractivity contribution in [2.24, 2.45) is 0 Å². The highest BCUT2D eigenvalue weighted by atomic mass is 35.5. The van der Waals surface area contributed by atoms with Crippen LogP contribution in [0.4, 0.5) is 15.8 Å². The van der Waals surface area contributed by atoms with Gasteiger partial charge in [-0.25, -0.2) is 19.2 Å². The molecule has 142 valence electrons. The monoisotopic (exact) mass is 389 g/mol. The van der Waals surface area contributed by atoms with Crippen LogP contribution in [0.25, 0.3) is 11.0 Å². The van der Waals surface area contributed by atoms with E-state index in [2.05, 4.69) is 15.3 Å². The van der Waals surface area contributed by atoms with Gasteiger partial charge in [0.15, 0.2) is 5.65 Å². The van der Waals surface area contributed by atoms with E-state index in [0.29, 0.717) is 34.6 Å². The summed E-state index contributed by atoms with van der Waals surface area (Å²) in [6.07, 6.45) is 2.17. The van der Waals surface area contributed by atoms with E-state index in [-0.39, 0.29) is 23.8 Å². The Bertz CT molecular complexity index is 979. The number of benzene rings is 1. The van der Waals surface area contributed by atoms with Gasteiger partial charge in [0.2, 0.25) is 0 Å². The average molecular weight is 390 g/mol. The summed E-state index contributed by atoms with van der Waals surface area (Å²) in [7, 11) is 0. The quantitative estimate of drug-likeness (QED) is 0.613. The lowest BCUT2D eigenvalue weighted by atomic mass is 10.1. The van der Waals surface area contributed by atoms with Crippen LogP contribution < -0.4 is 5.32 Å². The van der Waals surface area contributed by atoms with E-state index in [1.807, 2.05) is 26.0 Å². The number of rotatable bonds is 5. The first-order valence-electron chi connectivity index (χ1n) is 8.46. The van der Waals surface area contributed by atoms with Crippen molar-refractivity contribution in [1.29, 1.82) is 0 Å². The summed E-state index contributed by atoms with van der Waals surface area (Å²) in [5, 5.41) is 3.81. The molecule has 0 amide bonds. The lowest BCUT2D eigenvalue weighted by Gasteiger charge is -2.14. The Labute approximate surface area is 163 Å². The van der Waals surface area contributed by atoms with Crippen LogP contribution in [0.2, 0.25) is 0 Å². The van der Waals surface area contributed by atoms with E-state index in [9.17, 15) is 9.18 Å². The van der Waals surface area contributed by atoms with E-state index in [1.165, 1.54) is 12.3 Å². The van der Waals surface area contributed by atoms with Crippen LogP contribution in [-0.2, 0) is 4.74 Å². The van der Waals surface area contributed by atoms with Crippen LogP contribution >= 0.6 is 12.4 Å². The second kappa shape index (κ2) is 8.77. The summed E-state index contributed by atoms with van der Waals surface area (Å²) in [6, 6.07) is 8.51. The highest BCUT2D eigenvalue weighted by Crippen LogP contribution is 2.30. The number of hydrogen-bond acceptors (Lipinski definition) is 5. The number of aromatic nitrogens is 2. The molecule has 3 rings (SSSR count). The normalized spacial score (nSPS) is 10.4. The molecule has 1 aromatic carbocycles. The fourth-order valence-electron chi connectivity index (χ4n) is 2.55. The lowest BCUT2D eigenvalue weighted by Crippen LogP contribution is -2.10. The van der Waals surface area contributed by atoms with Crippen LogP contribution in [0, 0.1) is 19.7 Å². The van der Waals surface area contributed by atoms with Crippen LogP contribution in [-0.4, -0.2) is 22.5 Å². The predicted octanol–water partition coefficient (Wildman–Crippen LogP) is 5.12. The minimum absolute atomic E-state index is 0. The van der Waals surface area contributed by atoms with Gasteiger partial charge in [-0.3, -0.25) is 0 Å². The van der Waals surface area contributed by atoms with E-state index in [4.69, 9.17) is 4.74 Å². The molecule has 2 aromatic heterocycles. The Kier molecular flexibility index (Phi) is 6.69. The molecule has 2 heterocycles. The first-order valence-corrected chi connectivity index (χ1v) is 8.46. The molecule has 0 aliphatic rings. The molecular formula is C20H21ClFN3O2. The topological polar surface area (TPSA) is 64.1 Å². The van der Waals surface area contributed by atoms with Crippen molar-refractivity contribution < 1.29 is 13.9 Å². The van der Waals surface area contributed by atoms with Gasteiger partial charge in [-0.15, -0.1) is 12.4 Å². The zero-order valence-electron chi connectivity index (χ0n) is 15.4. The average Bonchev–Trinajstić information content (AvgIpc) is 2.62. The third-order valence-electron chi connectivity index (χ3n) is 3.97. The Balaban J connectivity index is 0.00000261. The number of fused-ring (bicyclic) bond motifs is 1. The molecule has 27 heavy (non-hydrogen) atoms. The molecule has 1 N–H and O–H groups in total. The van der Waals surface area contributed by atoms with Gasteiger partial charge in [-0.05, 0) is 50.1 Å². The summed E-state index contributed by atoms with van der Waals surface area (Å²) in [5.74, 6) is -0.797. The standard InChI is InChI=1S/C20H20FN3O2.ClH/c1-4-9-26-20(25)16-11-22-19-15(8-6-13(3)23-19)18(16)24-14-7-5-12(2)17(21)10-14;/h5-8,10-11H,4,9H2,1-3H3,(H,22,23,24);1H. The fraction of sp³-hybridized carbons (Fsp3) is 0.250. The van der Waals surface area contributed by atoms with Gasteiger partial charge in [0.1, 0.15) is 11.4 Å². The van der Waals surface area contributed by atoms with Gasteiger partial charge in [-0.2, -0.15) is 0 Å². The summed E-state index contributed by atoms with van der Waals surface area (Å²) in [4.78, 5) is 21.1. The maximum Gasteiger partial charge on any atom is 0.341 e. The third-order valence-corrected chi connectivity index (χ3v) is 3.97. The molecule has 0 aliphatic carbocycles. The van der Waals surface area contributed by atoms with Gasteiger partial charge in [0.05, 0.1) is 12.3 Å². The molecule has 0 atom stereocenters. The summed E-state index contributed by atoms with van der Waals surface area (Å²) < 4.78 is 19.2. The van der Waals surface area contributed by atoms with Crippen molar-refractivity contribution in [2.75, 3.05) is 11.9 Å². The molecule has 0 fully saturated rings. The van der Waals surface area contributed by atoms with E-state index < -0.39 is 5.97 Å². The number of esters is 1. The maximum atomic E-state index is 13.9. The molecule has 0 aliphatic heterocycles. The molecule has 0 spiro atoms. The SMILES string of the molecule is CCCOC(=O)c1cnc2nc(C)ccc2c1Nc1ccc(C)c(F)c1.Cl. The molecule has 3 aromatic rings. The van der Waals surface area contributed by atoms with Crippen LogP contribution in [0.3, 0.4) is 0 Å². The Hall–Kier alpha value is -2.73. The number of nitrogens with zero attached hydrogens (tertiary/aromatic N) is 2. The molecule has 0 bridgehead atoms. The molecule has 0 unspecified atom stereocenters. The van der Waals surface area contributed by atoms with E-state index in [1.54, 1.807) is 19.1 Å². The van der Waals surface area contributed by atoms with Crippen molar-refractivity contribution in [3.63, 3.8) is 0 Å². The second-order valence-corrected chi connectivity index (χ2v) is 6.10. The lowest BCUT2D eigenvalue weighted by molar-refractivity contribution is 0.0506. The molecule has 0 saturated carbocycles. The fourth-order valence-corrected chi connectivity index (χ4v) is 2.55.